The Hall–Kier alpha value is -5.97. The first-order valence-corrected chi connectivity index (χ1v) is 16.5. The molecule has 9 rings (SSSR count). The molecule has 4 heteroatoms. The van der Waals surface area contributed by atoms with E-state index >= 15 is 0 Å². The molecule has 0 aliphatic carbocycles. The van der Waals surface area contributed by atoms with E-state index in [0.29, 0.717) is 5.89 Å². The fourth-order valence-electron chi connectivity index (χ4n) is 6.48. The number of hydrogen-bond donors (Lipinski definition) is 0. The quantitative estimate of drug-likeness (QED) is 0.185. The first kappa shape index (κ1) is 27.3. The van der Waals surface area contributed by atoms with Crippen LogP contribution in [0, 0.1) is 0 Å². The maximum Gasteiger partial charge on any atom is 0.227 e. The molecule has 9 aromatic rings. The summed E-state index contributed by atoms with van der Waals surface area (Å²) in [6.07, 6.45) is 0. The minimum Gasteiger partial charge on any atom is -0.436 e. The van der Waals surface area contributed by atoms with Gasteiger partial charge >= 0.3 is 0 Å². The maximum absolute atomic E-state index is 6.19. The van der Waals surface area contributed by atoms with Gasteiger partial charge < -0.3 is 9.32 Å². The number of benzene rings is 7. The number of hydrogen-bond acceptors (Lipinski definition) is 4. The lowest BCUT2D eigenvalue weighted by atomic mass is 10.0. The molecule has 3 nitrogen and oxygen atoms in total. The van der Waals surface area contributed by atoms with E-state index in [2.05, 4.69) is 132 Å². The summed E-state index contributed by atoms with van der Waals surface area (Å²) in [5, 5.41) is 2.54. The van der Waals surface area contributed by atoms with E-state index in [0.717, 1.165) is 44.9 Å². The van der Waals surface area contributed by atoms with Crippen LogP contribution < -0.4 is 4.90 Å². The minimum atomic E-state index is 0.630. The van der Waals surface area contributed by atoms with Gasteiger partial charge in [0.05, 0.1) is 5.69 Å². The zero-order chi connectivity index (χ0) is 31.2. The van der Waals surface area contributed by atoms with Crippen LogP contribution in [0.2, 0.25) is 0 Å². The number of anilines is 3. The number of oxazole rings is 1. The van der Waals surface area contributed by atoms with Gasteiger partial charge in [0.15, 0.2) is 5.58 Å². The maximum atomic E-state index is 6.19. The first-order valence-electron chi connectivity index (χ1n) is 15.7. The van der Waals surface area contributed by atoms with Crippen LogP contribution in [0.3, 0.4) is 0 Å². The number of fused-ring (bicyclic) bond motifs is 4. The molecule has 0 bridgehead atoms. The monoisotopic (exact) mass is 620 g/mol. The molecule has 0 atom stereocenters. The SMILES string of the molecule is c1ccc(-c2ccc(N(c3ccc(-c4cccc5oc(-c6ccccc6)nc45)cc3)c3cccc4sc5ccccc5c34)cc2)cc1. The minimum absolute atomic E-state index is 0.630. The Morgan fingerprint density at radius 1 is 0.468 bits per heavy atom. The summed E-state index contributed by atoms with van der Waals surface area (Å²) in [5.74, 6) is 0.630. The van der Waals surface area contributed by atoms with E-state index in [1.54, 1.807) is 0 Å². The van der Waals surface area contributed by atoms with Crippen molar-refractivity contribution in [1.29, 1.82) is 0 Å². The molecule has 222 valence electrons. The molecule has 47 heavy (non-hydrogen) atoms. The van der Waals surface area contributed by atoms with E-state index in [1.165, 1.54) is 31.3 Å². The van der Waals surface area contributed by atoms with Crippen LogP contribution in [-0.4, -0.2) is 4.98 Å². The smallest absolute Gasteiger partial charge is 0.227 e. The molecule has 2 heterocycles. The Balaban J connectivity index is 1.17. The Morgan fingerprint density at radius 3 is 1.81 bits per heavy atom. The lowest BCUT2D eigenvalue weighted by Gasteiger charge is -2.27. The third-order valence-electron chi connectivity index (χ3n) is 8.73. The van der Waals surface area contributed by atoms with Gasteiger partial charge in [-0.2, -0.15) is 0 Å². The zero-order valence-electron chi connectivity index (χ0n) is 25.4. The number of thiophene rings is 1. The van der Waals surface area contributed by atoms with Crippen LogP contribution >= 0.6 is 11.3 Å². The number of rotatable bonds is 6. The molecule has 0 fully saturated rings. The number of nitrogens with zero attached hydrogens (tertiary/aromatic N) is 2. The van der Waals surface area contributed by atoms with Crippen molar-refractivity contribution in [2.45, 2.75) is 0 Å². The van der Waals surface area contributed by atoms with Crippen molar-refractivity contribution in [3.8, 4) is 33.7 Å². The normalized spacial score (nSPS) is 11.4. The van der Waals surface area contributed by atoms with Crippen LogP contribution in [0.25, 0.3) is 65.0 Å². The van der Waals surface area contributed by atoms with Crippen molar-refractivity contribution in [3.05, 3.63) is 170 Å². The van der Waals surface area contributed by atoms with Crippen molar-refractivity contribution in [2.24, 2.45) is 0 Å². The molecule has 0 amide bonds. The van der Waals surface area contributed by atoms with E-state index in [9.17, 15) is 0 Å². The highest BCUT2D eigenvalue weighted by molar-refractivity contribution is 7.26. The lowest BCUT2D eigenvalue weighted by molar-refractivity contribution is 0.620. The average Bonchev–Trinajstić information content (AvgIpc) is 3.76. The summed E-state index contributed by atoms with van der Waals surface area (Å²) in [7, 11) is 0. The van der Waals surface area contributed by atoms with Gasteiger partial charge in [-0.3, -0.25) is 0 Å². The summed E-state index contributed by atoms with van der Waals surface area (Å²) in [6.45, 7) is 0. The zero-order valence-corrected chi connectivity index (χ0v) is 26.2. The van der Waals surface area contributed by atoms with E-state index in [1.807, 2.05) is 53.8 Å². The molecule has 0 radical (unpaired) electrons. The molecule has 7 aromatic carbocycles. The van der Waals surface area contributed by atoms with Gasteiger partial charge in [-0.1, -0.05) is 109 Å². The molecule has 0 unspecified atom stereocenters. The number of aromatic nitrogens is 1. The van der Waals surface area contributed by atoms with E-state index in [4.69, 9.17) is 9.40 Å². The Bertz CT molecular complexity index is 2500. The van der Waals surface area contributed by atoms with E-state index < -0.39 is 0 Å². The standard InChI is InChI=1S/C43H28N2OS/c1-3-11-29(12-4-1)30-21-25-33(26-22-30)45(37-17-10-20-40-41(37)36-15-7-8-19-39(36)47-40)34-27-23-31(24-28-34)35-16-9-18-38-42(35)44-43(46-38)32-13-5-2-6-14-32/h1-28H. The molecule has 0 saturated heterocycles. The molecule has 0 aliphatic heterocycles. The topological polar surface area (TPSA) is 29.3 Å². The van der Waals surface area contributed by atoms with Crippen LogP contribution in [0.1, 0.15) is 0 Å². The van der Waals surface area contributed by atoms with Crippen molar-refractivity contribution in [3.63, 3.8) is 0 Å². The summed E-state index contributed by atoms with van der Waals surface area (Å²) in [5.41, 5.74) is 10.5. The second-order valence-electron chi connectivity index (χ2n) is 11.6. The molecule has 0 spiro atoms. The summed E-state index contributed by atoms with van der Waals surface area (Å²) >= 11 is 1.84. The largest absolute Gasteiger partial charge is 0.436 e. The van der Waals surface area contributed by atoms with Gasteiger partial charge in [0.1, 0.15) is 5.52 Å². The van der Waals surface area contributed by atoms with Crippen molar-refractivity contribution in [1.82, 2.24) is 4.98 Å². The van der Waals surface area contributed by atoms with Gasteiger partial charge in [0, 0.05) is 42.7 Å². The van der Waals surface area contributed by atoms with Gasteiger partial charge in [-0.25, -0.2) is 4.98 Å². The van der Waals surface area contributed by atoms with Crippen molar-refractivity contribution >= 4 is 59.7 Å². The highest BCUT2D eigenvalue weighted by atomic mass is 32.1. The Labute approximate surface area is 276 Å². The second-order valence-corrected chi connectivity index (χ2v) is 12.7. The summed E-state index contributed by atoms with van der Waals surface area (Å²) in [6, 6.07) is 59.8. The summed E-state index contributed by atoms with van der Waals surface area (Å²) < 4.78 is 8.75. The average molecular weight is 621 g/mol. The van der Waals surface area contributed by atoms with Crippen LogP contribution in [0.5, 0.6) is 0 Å². The van der Waals surface area contributed by atoms with Gasteiger partial charge in [0.25, 0.3) is 0 Å². The third kappa shape index (κ3) is 4.87. The predicted octanol–water partition coefficient (Wildman–Crippen LogP) is 12.7. The Morgan fingerprint density at radius 2 is 1.06 bits per heavy atom. The Kier molecular flexibility index (Phi) is 6.65. The molecule has 0 N–H and O–H groups in total. The molecular formula is C43H28N2OS. The third-order valence-corrected chi connectivity index (χ3v) is 9.87. The van der Waals surface area contributed by atoms with Crippen LogP contribution in [0.4, 0.5) is 17.1 Å². The predicted molar refractivity (Wildman–Crippen MR) is 198 cm³/mol. The summed E-state index contributed by atoms with van der Waals surface area (Å²) in [4.78, 5) is 7.31. The van der Waals surface area contributed by atoms with Crippen LogP contribution in [0.15, 0.2) is 174 Å². The fraction of sp³-hybridized carbons (Fsp3) is 0. The molecule has 0 aliphatic rings. The fourth-order valence-corrected chi connectivity index (χ4v) is 7.61. The molecule has 2 aromatic heterocycles. The highest BCUT2D eigenvalue weighted by Crippen LogP contribution is 2.45. The van der Waals surface area contributed by atoms with Gasteiger partial charge in [0.2, 0.25) is 5.89 Å². The lowest BCUT2D eigenvalue weighted by Crippen LogP contribution is -2.10. The van der Waals surface area contributed by atoms with Crippen molar-refractivity contribution < 1.29 is 4.42 Å². The van der Waals surface area contributed by atoms with Gasteiger partial charge in [-0.15, -0.1) is 11.3 Å². The van der Waals surface area contributed by atoms with Crippen molar-refractivity contribution in [2.75, 3.05) is 4.90 Å². The second kappa shape index (κ2) is 11.4. The molecule has 0 saturated carbocycles. The van der Waals surface area contributed by atoms with Gasteiger partial charge in [-0.05, 0) is 77.4 Å². The van der Waals surface area contributed by atoms with E-state index in [-0.39, 0.29) is 0 Å². The first-order chi connectivity index (χ1) is 23.3. The number of para-hydroxylation sites is 1. The van der Waals surface area contributed by atoms with Crippen LogP contribution in [-0.2, 0) is 0 Å². The molecular weight excluding hydrogens is 593 g/mol. The highest BCUT2D eigenvalue weighted by Gasteiger charge is 2.19.